The molecule has 0 unspecified atom stereocenters. The van der Waals surface area contributed by atoms with Gasteiger partial charge in [-0.2, -0.15) is 0 Å². The van der Waals surface area contributed by atoms with Gasteiger partial charge in [0.2, 0.25) is 11.8 Å². The van der Waals surface area contributed by atoms with Crippen LogP contribution >= 0.6 is 23.2 Å². The average molecular weight is 381 g/mol. The second-order valence-corrected chi connectivity index (χ2v) is 5.81. The Labute approximate surface area is 154 Å². The maximum absolute atomic E-state index is 11.9. The van der Waals surface area contributed by atoms with Crippen LogP contribution in [0.25, 0.3) is 0 Å². The molecule has 0 radical (unpaired) electrons. The van der Waals surface area contributed by atoms with Crippen molar-refractivity contribution < 1.29 is 19.1 Å². The molecule has 0 aliphatic heterocycles. The number of esters is 1. The fraction of sp³-hybridized carbons (Fsp3) is 0.118. The fourth-order valence-corrected chi connectivity index (χ4v) is 2.40. The van der Waals surface area contributed by atoms with E-state index in [9.17, 15) is 14.4 Å². The number of carbonyl (C=O) groups excluding carboxylic acids is 3. The quantitative estimate of drug-likeness (QED) is 0.610. The van der Waals surface area contributed by atoms with Crippen molar-refractivity contribution in [1.29, 1.82) is 0 Å². The minimum absolute atomic E-state index is 0.277. The minimum atomic E-state index is -0.520. The molecule has 0 saturated carbocycles. The molecule has 8 heteroatoms. The average Bonchev–Trinajstić information content (AvgIpc) is 2.57. The van der Waals surface area contributed by atoms with Crippen molar-refractivity contribution in [2.24, 2.45) is 0 Å². The number of rotatable bonds is 5. The van der Waals surface area contributed by atoms with Crippen LogP contribution in [0.5, 0.6) is 0 Å². The Hall–Kier alpha value is -2.57. The van der Waals surface area contributed by atoms with Gasteiger partial charge in [0.05, 0.1) is 23.4 Å². The van der Waals surface area contributed by atoms with Gasteiger partial charge in [0.25, 0.3) is 0 Å². The molecule has 0 fully saturated rings. The topological polar surface area (TPSA) is 84.5 Å². The smallest absolute Gasteiger partial charge is 0.337 e. The Kier molecular flexibility index (Phi) is 6.38. The number of benzene rings is 2. The van der Waals surface area contributed by atoms with Crippen molar-refractivity contribution in [3.63, 3.8) is 0 Å². The SMILES string of the molecule is COC(=O)c1ccc(NC(=O)CC(=O)Nc2ccc(Cl)cc2Cl)cc1. The summed E-state index contributed by atoms with van der Waals surface area (Å²) in [5.74, 6) is -1.50. The second kappa shape index (κ2) is 8.50. The molecule has 0 aromatic heterocycles. The second-order valence-electron chi connectivity index (χ2n) is 4.97. The molecule has 2 N–H and O–H groups in total. The van der Waals surface area contributed by atoms with Crippen molar-refractivity contribution in [3.8, 4) is 0 Å². The van der Waals surface area contributed by atoms with E-state index in [0.717, 1.165) is 0 Å². The third-order valence-electron chi connectivity index (χ3n) is 3.12. The molecule has 0 spiro atoms. The Morgan fingerprint density at radius 3 is 2.20 bits per heavy atom. The molecule has 25 heavy (non-hydrogen) atoms. The summed E-state index contributed by atoms with van der Waals surface area (Å²) in [6.07, 6.45) is -0.391. The summed E-state index contributed by atoms with van der Waals surface area (Å²) in [6.45, 7) is 0. The zero-order chi connectivity index (χ0) is 18.4. The Bertz CT molecular complexity index is 807. The van der Waals surface area contributed by atoms with Crippen LogP contribution in [0.15, 0.2) is 42.5 Å². The van der Waals surface area contributed by atoms with E-state index >= 15 is 0 Å². The van der Waals surface area contributed by atoms with Crippen molar-refractivity contribution in [3.05, 3.63) is 58.1 Å². The first-order chi connectivity index (χ1) is 11.9. The van der Waals surface area contributed by atoms with Crippen LogP contribution in [0.4, 0.5) is 11.4 Å². The van der Waals surface area contributed by atoms with Gasteiger partial charge in [-0.1, -0.05) is 23.2 Å². The van der Waals surface area contributed by atoms with Crippen LogP contribution in [0.2, 0.25) is 10.0 Å². The summed E-state index contributed by atoms with van der Waals surface area (Å²) in [5, 5.41) is 5.81. The highest BCUT2D eigenvalue weighted by Crippen LogP contribution is 2.25. The predicted octanol–water partition coefficient (Wildman–Crippen LogP) is 3.75. The first-order valence-electron chi connectivity index (χ1n) is 7.12. The highest BCUT2D eigenvalue weighted by atomic mass is 35.5. The van der Waals surface area contributed by atoms with E-state index in [-0.39, 0.29) is 5.02 Å². The number of nitrogens with one attached hydrogen (secondary N) is 2. The Morgan fingerprint density at radius 1 is 0.960 bits per heavy atom. The van der Waals surface area contributed by atoms with Gasteiger partial charge in [0.1, 0.15) is 6.42 Å². The van der Waals surface area contributed by atoms with Crippen molar-refractivity contribution >= 4 is 52.4 Å². The maximum atomic E-state index is 11.9. The van der Waals surface area contributed by atoms with Crippen LogP contribution in [-0.4, -0.2) is 24.9 Å². The highest BCUT2D eigenvalue weighted by Gasteiger charge is 2.12. The zero-order valence-electron chi connectivity index (χ0n) is 13.1. The minimum Gasteiger partial charge on any atom is -0.465 e. The van der Waals surface area contributed by atoms with Gasteiger partial charge in [-0.3, -0.25) is 9.59 Å². The largest absolute Gasteiger partial charge is 0.465 e. The third-order valence-corrected chi connectivity index (χ3v) is 3.66. The van der Waals surface area contributed by atoms with Gasteiger partial charge >= 0.3 is 5.97 Å². The van der Waals surface area contributed by atoms with E-state index in [1.807, 2.05) is 0 Å². The molecule has 130 valence electrons. The first kappa shape index (κ1) is 18.8. The number of halogens is 2. The Morgan fingerprint density at radius 2 is 1.60 bits per heavy atom. The number of methoxy groups -OCH3 is 1. The van der Waals surface area contributed by atoms with Crippen molar-refractivity contribution in [2.75, 3.05) is 17.7 Å². The number of anilines is 2. The van der Waals surface area contributed by atoms with E-state index in [1.165, 1.54) is 37.4 Å². The van der Waals surface area contributed by atoms with E-state index in [1.54, 1.807) is 12.1 Å². The lowest BCUT2D eigenvalue weighted by molar-refractivity contribution is -0.123. The normalized spacial score (nSPS) is 10.0. The lowest BCUT2D eigenvalue weighted by Crippen LogP contribution is -2.21. The lowest BCUT2D eigenvalue weighted by Gasteiger charge is -2.08. The molecule has 0 saturated heterocycles. The number of carbonyl (C=O) groups is 3. The molecule has 2 aromatic carbocycles. The highest BCUT2D eigenvalue weighted by molar-refractivity contribution is 6.36. The first-order valence-corrected chi connectivity index (χ1v) is 7.88. The molecule has 2 aromatic rings. The third kappa shape index (κ3) is 5.48. The summed E-state index contributed by atoms with van der Waals surface area (Å²) in [7, 11) is 1.28. The van der Waals surface area contributed by atoms with Crippen LogP contribution in [0, 0.1) is 0 Å². The summed E-state index contributed by atoms with van der Waals surface area (Å²) < 4.78 is 4.59. The van der Waals surface area contributed by atoms with Crippen LogP contribution < -0.4 is 10.6 Å². The summed E-state index contributed by atoms with van der Waals surface area (Å²) in [4.78, 5) is 35.2. The zero-order valence-corrected chi connectivity index (χ0v) is 14.6. The van der Waals surface area contributed by atoms with Gasteiger partial charge in [-0.05, 0) is 42.5 Å². The number of hydrogen-bond acceptors (Lipinski definition) is 4. The van der Waals surface area contributed by atoms with Gasteiger partial charge in [-0.15, -0.1) is 0 Å². The molecule has 0 atom stereocenters. The molecule has 0 heterocycles. The van der Waals surface area contributed by atoms with Gasteiger partial charge < -0.3 is 15.4 Å². The van der Waals surface area contributed by atoms with Gasteiger partial charge in [-0.25, -0.2) is 4.79 Å². The summed E-state index contributed by atoms with van der Waals surface area (Å²) >= 11 is 11.7. The molecule has 2 amide bonds. The van der Waals surface area contributed by atoms with E-state index < -0.39 is 24.2 Å². The molecule has 0 aliphatic carbocycles. The van der Waals surface area contributed by atoms with Crippen LogP contribution in [0.3, 0.4) is 0 Å². The molecule has 0 aliphatic rings. The molecular weight excluding hydrogens is 367 g/mol. The van der Waals surface area contributed by atoms with E-state index in [4.69, 9.17) is 23.2 Å². The standard InChI is InChI=1S/C17H14Cl2N2O4/c1-25-17(24)10-2-5-12(6-3-10)20-15(22)9-16(23)21-14-7-4-11(18)8-13(14)19/h2-8H,9H2,1H3,(H,20,22)(H,21,23). The molecule has 2 rings (SSSR count). The maximum Gasteiger partial charge on any atom is 0.337 e. The van der Waals surface area contributed by atoms with Crippen LogP contribution in [-0.2, 0) is 14.3 Å². The number of ether oxygens (including phenoxy) is 1. The van der Waals surface area contributed by atoms with Crippen molar-refractivity contribution in [1.82, 2.24) is 0 Å². The van der Waals surface area contributed by atoms with E-state index in [2.05, 4.69) is 15.4 Å². The molecule has 0 bridgehead atoms. The fourth-order valence-electron chi connectivity index (χ4n) is 1.94. The molecule has 6 nitrogen and oxygen atoms in total. The van der Waals surface area contributed by atoms with Crippen molar-refractivity contribution in [2.45, 2.75) is 6.42 Å². The van der Waals surface area contributed by atoms with Gasteiger partial charge in [0, 0.05) is 10.7 Å². The lowest BCUT2D eigenvalue weighted by atomic mass is 10.2. The monoisotopic (exact) mass is 380 g/mol. The van der Waals surface area contributed by atoms with Crippen LogP contribution in [0.1, 0.15) is 16.8 Å². The number of amides is 2. The molecular formula is C17H14Cl2N2O4. The Balaban J connectivity index is 1.91. The summed E-state index contributed by atoms with van der Waals surface area (Å²) in [5.41, 5.74) is 1.18. The van der Waals surface area contributed by atoms with E-state index in [0.29, 0.717) is 22.0 Å². The summed E-state index contributed by atoms with van der Waals surface area (Å²) in [6, 6.07) is 10.7. The predicted molar refractivity (Wildman–Crippen MR) is 96.1 cm³/mol. The van der Waals surface area contributed by atoms with Gasteiger partial charge in [0.15, 0.2) is 0 Å². The number of hydrogen-bond donors (Lipinski definition) is 2.